The zero-order valence-electron chi connectivity index (χ0n) is 14.6. The fraction of sp³-hybridized carbons (Fsp3) is 0.471. The van der Waals surface area contributed by atoms with Crippen molar-refractivity contribution in [2.75, 3.05) is 5.32 Å². The Kier molecular flexibility index (Phi) is 4.10. The number of aryl methyl sites for hydroxylation is 4. The van der Waals surface area contributed by atoms with E-state index in [0.717, 1.165) is 34.0 Å². The van der Waals surface area contributed by atoms with Gasteiger partial charge in [-0.25, -0.2) is 9.97 Å². The van der Waals surface area contributed by atoms with E-state index in [-0.39, 0.29) is 6.04 Å². The van der Waals surface area contributed by atoms with Crippen LogP contribution in [0.25, 0.3) is 10.2 Å². The summed E-state index contributed by atoms with van der Waals surface area (Å²) in [5, 5.41) is 11.5. The highest BCUT2D eigenvalue weighted by atomic mass is 32.1. The van der Waals surface area contributed by atoms with Crippen molar-refractivity contribution in [2.45, 2.75) is 47.1 Å². The first-order valence-electron chi connectivity index (χ1n) is 7.91. The SMILES string of the molecule is CCC(Nc1nc(C)nc2scc(C)c12)c1c(C)nn(C)c1C. The van der Waals surface area contributed by atoms with Crippen LogP contribution in [0.4, 0.5) is 5.82 Å². The number of rotatable bonds is 4. The summed E-state index contributed by atoms with van der Waals surface area (Å²) >= 11 is 1.68. The standard InChI is InChI=1S/C17H23N5S/c1-7-13(15-10(3)21-22(6)11(15)4)20-16-14-9(2)8-23-17(14)19-12(5)18-16/h8,13H,7H2,1-6H3,(H,18,19,20). The average Bonchev–Trinajstić information content (AvgIpc) is 2.98. The van der Waals surface area contributed by atoms with E-state index in [0.29, 0.717) is 0 Å². The lowest BCUT2D eigenvalue weighted by Crippen LogP contribution is -2.13. The van der Waals surface area contributed by atoms with Crippen molar-refractivity contribution < 1.29 is 0 Å². The summed E-state index contributed by atoms with van der Waals surface area (Å²) in [6, 6.07) is 0.195. The molecule has 3 rings (SSSR count). The first-order chi connectivity index (χ1) is 10.9. The van der Waals surface area contributed by atoms with Crippen molar-refractivity contribution in [1.82, 2.24) is 19.7 Å². The highest BCUT2D eigenvalue weighted by molar-refractivity contribution is 7.17. The van der Waals surface area contributed by atoms with Crippen LogP contribution in [-0.2, 0) is 7.05 Å². The fourth-order valence-corrected chi connectivity index (χ4v) is 4.10. The molecule has 0 amide bonds. The van der Waals surface area contributed by atoms with Crippen LogP contribution in [0.3, 0.4) is 0 Å². The molecule has 0 spiro atoms. The van der Waals surface area contributed by atoms with E-state index in [1.165, 1.54) is 16.8 Å². The number of anilines is 1. The fourth-order valence-electron chi connectivity index (χ4n) is 3.13. The third-order valence-corrected chi connectivity index (χ3v) is 5.35. The van der Waals surface area contributed by atoms with Gasteiger partial charge in [0.15, 0.2) is 0 Å². The van der Waals surface area contributed by atoms with Crippen molar-refractivity contribution in [3.8, 4) is 0 Å². The van der Waals surface area contributed by atoms with E-state index in [4.69, 9.17) is 0 Å². The van der Waals surface area contributed by atoms with Gasteiger partial charge < -0.3 is 5.32 Å². The number of hydrogen-bond donors (Lipinski definition) is 1. The van der Waals surface area contributed by atoms with Gasteiger partial charge in [-0.15, -0.1) is 11.3 Å². The van der Waals surface area contributed by atoms with Crippen molar-refractivity contribution in [2.24, 2.45) is 7.05 Å². The molecule has 0 aliphatic rings. The number of hydrogen-bond acceptors (Lipinski definition) is 5. The number of fused-ring (bicyclic) bond motifs is 1. The van der Waals surface area contributed by atoms with Crippen molar-refractivity contribution >= 4 is 27.4 Å². The molecule has 0 aromatic carbocycles. The van der Waals surface area contributed by atoms with Gasteiger partial charge in [0.05, 0.1) is 17.1 Å². The van der Waals surface area contributed by atoms with Crippen molar-refractivity contribution in [3.63, 3.8) is 0 Å². The largest absolute Gasteiger partial charge is 0.362 e. The van der Waals surface area contributed by atoms with E-state index >= 15 is 0 Å². The molecule has 1 N–H and O–H groups in total. The van der Waals surface area contributed by atoms with E-state index in [2.05, 4.69) is 53.5 Å². The Bertz CT molecular complexity index is 862. The van der Waals surface area contributed by atoms with Gasteiger partial charge in [0.1, 0.15) is 16.5 Å². The van der Waals surface area contributed by atoms with Crippen molar-refractivity contribution in [1.29, 1.82) is 0 Å². The van der Waals surface area contributed by atoms with Crippen LogP contribution < -0.4 is 5.32 Å². The molecule has 0 radical (unpaired) electrons. The molecule has 0 fully saturated rings. The average molecular weight is 329 g/mol. The lowest BCUT2D eigenvalue weighted by molar-refractivity contribution is 0.714. The van der Waals surface area contributed by atoms with Gasteiger partial charge in [0.2, 0.25) is 0 Å². The van der Waals surface area contributed by atoms with Gasteiger partial charge in [0.25, 0.3) is 0 Å². The Labute approximate surface area is 140 Å². The minimum atomic E-state index is 0.195. The summed E-state index contributed by atoms with van der Waals surface area (Å²) in [6.45, 7) is 10.4. The molecule has 3 aromatic heterocycles. The van der Waals surface area contributed by atoms with Crippen LogP contribution >= 0.6 is 11.3 Å². The third-order valence-electron chi connectivity index (χ3n) is 4.36. The van der Waals surface area contributed by atoms with E-state index in [1.807, 2.05) is 18.7 Å². The molecule has 0 saturated heterocycles. The molecule has 5 nitrogen and oxygen atoms in total. The van der Waals surface area contributed by atoms with Crippen LogP contribution in [0.2, 0.25) is 0 Å². The molecule has 0 aliphatic heterocycles. The molecular formula is C17H23N5S. The molecular weight excluding hydrogens is 306 g/mol. The minimum Gasteiger partial charge on any atom is -0.362 e. The highest BCUT2D eigenvalue weighted by Gasteiger charge is 2.21. The van der Waals surface area contributed by atoms with Gasteiger partial charge >= 0.3 is 0 Å². The molecule has 6 heteroatoms. The maximum absolute atomic E-state index is 4.67. The maximum Gasteiger partial charge on any atom is 0.139 e. The molecule has 23 heavy (non-hydrogen) atoms. The van der Waals surface area contributed by atoms with Gasteiger partial charge in [-0.2, -0.15) is 5.10 Å². The third kappa shape index (κ3) is 2.72. The summed E-state index contributed by atoms with van der Waals surface area (Å²) in [5.74, 6) is 1.73. The number of nitrogens with zero attached hydrogens (tertiary/aromatic N) is 4. The second kappa shape index (κ2) is 5.92. The van der Waals surface area contributed by atoms with Crippen LogP contribution in [-0.4, -0.2) is 19.7 Å². The summed E-state index contributed by atoms with van der Waals surface area (Å²) < 4.78 is 1.95. The molecule has 3 heterocycles. The van der Waals surface area contributed by atoms with E-state index in [1.54, 1.807) is 11.3 Å². The van der Waals surface area contributed by atoms with Crippen molar-refractivity contribution in [3.05, 3.63) is 33.7 Å². The molecule has 0 bridgehead atoms. The lowest BCUT2D eigenvalue weighted by atomic mass is 10.0. The first-order valence-corrected chi connectivity index (χ1v) is 8.79. The van der Waals surface area contributed by atoms with E-state index < -0.39 is 0 Å². The van der Waals surface area contributed by atoms with Gasteiger partial charge in [0, 0.05) is 18.3 Å². The first kappa shape index (κ1) is 15.9. The monoisotopic (exact) mass is 329 g/mol. The topological polar surface area (TPSA) is 55.6 Å². The zero-order valence-corrected chi connectivity index (χ0v) is 15.4. The van der Waals surface area contributed by atoms with Crippen LogP contribution in [0.5, 0.6) is 0 Å². The zero-order chi connectivity index (χ0) is 16.7. The molecule has 3 aromatic rings. The number of aromatic nitrogens is 4. The van der Waals surface area contributed by atoms with Crippen LogP contribution in [0, 0.1) is 27.7 Å². The van der Waals surface area contributed by atoms with Gasteiger partial charge in [-0.05, 0) is 45.1 Å². The van der Waals surface area contributed by atoms with Gasteiger partial charge in [-0.1, -0.05) is 6.92 Å². The Hall–Kier alpha value is -1.95. The minimum absolute atomic E-state index is 0.195. The van der Waals surface area contributed by atoms with Gasteiger partial charge in [-0.3, -0.25) is 4.68 Å². The molecule has 0 saturated carbocycles. The quantitative estimate of drug-likeness (QED) is 0.778. The molecule has 122 valence electrons. The second-order valence-electron chi connectivity index (χ2n) is 6.03. The Balaban J connectivity index is 2.07. The highest BCUT2D eigenvalue weighted by Crippen LogP contribution is 2.33. The smallest absolute Gasteiger partial charge is 0.139 e. The Morgan fingerprint density at radius 2 is 1.96 bits per heavy atom. The summed E-state index contributed by atoms with van der Waals surface area (Å²) in [4.78, 5) is 10.3. The van der Waals surface area contributed by atoms with Crippen LogP contribution in [0.15, 0.2) is 5.38 Å². The normalized spacial score (nSPS) is 12.8. The number of thiophene rings is 1. The van der Waals surface area contributed by atoms with E-state index in [9.17, 15) is 0 Å². The molecule has 1 atom stereocenters. The Morgan fingerprint density at radius 3 is 2.57 bits per heavy atom. The predicted octanol–water partition coefficient (Wildman–Crippen LogP) is 4.22. The van der Waals surface area contributed by atoms with Crippen LogP contribution in [0.1, 0.15) is 47.7 Å². The maximum atomic E-state index is 4.67. The summed E-state index contributed by atoms with van der Waals surface area (Å²) in [5.41, 5.74) is 4.77. The number of nitrogens with one attached hydrogen (secondary N) is 1. The molecule has 1 unspecified atom stereocenters. The summed E-state index contributed by atoms with van der Waals surface area (Å²) in [7, 11) is 1.99. The predicted molar refractivity (Wildman–Crippen MR) is 96.2 cm³/mol. The summed E-state index contributed by atoms with van der Waals surface area (Å²) in [6.07, 6.45) is 0.973. The Morgan fingerprint density at radius 1 is 1.22 bits per heavy atom. The molecule has 0 aliphatic carbocycles. The second-order valence-corrected chi connectivity index (χ2v) is 6.89. The lowest BCUT2D eigenvalue weighted by Gasteiger charge is -2.19.